The molecule has 0 unspecified atom stereocenters. The average molecular weight is 502 g/mol. The molecule has 1 heterocycles. The highest BCUT2D eigenvalue weighted by Gasteiger charge is 2.30. The van der Waals surface area contributed by atoms with Gasteiger partial charge in [-0.15, -0.1) is 10.2 Å². The van der Waals surface area contributed by atoms with Gasteiger partial charge in [-0.2, -0.15) is 13.2 Å². The summed E-state index contributed by atoms with van der Waals surface area (Å²) < 4.78 is 68.9. The lowest BCUT2D eigenvalue weighted by Crippen LogP contribution is -2.20. The van der Waals surface area contributed by atoms with Crippen molar-refractivity contribution in [1.29, 1.82) is 0 Å². The Morgan fingerprint density at radius 1 is 0.972 bits per heavy atom. The Balaban J connectivity index is 1.33. The number of amides is 2. The van der Waals surface area contributed by atoms with Gasteiger partial charge in [-0.3, -0.25) is 0 Å². The summed E-state index contributed by atoms with van der Waals surface area (Å²) in [7, 11) is 1.55. The third kappa shape index (κ3) is 6.09. The number of urea groups is 1. The lowest BCUT2D eigenvalue weighted by Gasteiger charge is -2.11. The molecule has 0 radical (unpaired) electrons. The summed E-state index contributed by atoms with van der Waals surface area (Å²) in [6, 6.07) is 13.9. The van der Waals surface area contributed by atoms with Gasteiger partial charge >= 0.3 is 12.2 Å². The zero-order valence-corrected chi connectivity index (χ0v) is 18.6. The fraction of sp³-hybridized carbons (Fsp3) is 0.125. The van der Waals surface area contributed by atoms with Crippen LogP contribution >= 0.6 is 0 Å². The summed E-state index contributed by atoms with van der Waals surface area (Å²) in [5.74, 6) is 0.110. The maximum Gasteiger partial charge on any atom is 0.416 e. The number of nitrogens with one attached hydrogen (secondary N) is 2. The molecule has 1 aromatic heterocycles. The Bertz CT molecular complexity index is 1360. The van der Waals surface area contributed by atoms with Gasteiger partial charge in [-0.1, -0.05) is 6.07 Å². The Morgan fingerprint density at radius 3 is 2.36 bits per heavy atom. The van der Waals surface area contributed by atoms with Gasteiger partial charge in [0.15, 0.2) is 18.2 Å². The molecule has 12 heteroatoms. The molecule has 0 spiro atoms. The first-order chi connectivity index (χ1) is 17.2. The van der Waals surface area contributed by atoms with Crippen LogP contribution in [0.15, 0.2) is 71.1 Å². The quantitative estimate of drug-likeness (QED) is 0.295. The first kappa shape index (κ1) is 24.5. The van der Waals surface area contributed by atoms with Crippen LogP contribution in [0.4, 0.5) is 33.7 Å². The molecule has 4 rings (SSSR count). The highest BCUT2D eigenvalue weighted by Crippen LogP contribution is 2.31. The average Bonchev–Trinajstić information content (AvgIpc) is 3.32. The molecule has 186 valence electrons. The first-order valence-corrected chi connectivity index (χ1v) is 10.4. The van der Waals surface area contributed by atoms with E-state index in [9.17, 15) is 22.4 Å². The Morgan fingerprint density at radius 2 is 1.69 bits per heavy atom. The molecule has 0 atom stereocenters. The van der Waals surface area contributed by atoms with Crippen LogP contribution in [0.5, 0.6) is 11.5 Å². The van der Waals surface area contributed by atoms with E-state index in [2.05, 4.69) is 20.8 Å². The molecule has 0 fully saturated rings. The van der Waals surface area contributed by atoms with Crippen LogP contribution in [-0.4, -0.2) is 23.3 Å². The van der Waals surface area contributed by atoms with Crippen LogP contribution in [0.25, 0.3) is 11.5 Å². The molecule has 0 aliphatic rings. The number of hydrogen-bond donors (Lipinski definition) is 2. The van der Waals surface area contributed by atoms with E-state index in [4.69, 9.17) is 13.9 Å². The molecule has 0 aliphatic carbocycles. The van der Waals surface area contributed by atoms with Crippen LogP contribution < -0.4 is 20.1 Å². The summed E-state index contributed by atoms with van der Waals surface area (Å²) in [6.07, 6.45) is -4.55. The smallest absolute Gasteiger partial charge is 0.416 e. The summed E-state index contributed by atoms with van der Waals surface area (Å²) in [5.41, 5.74) is -0.259. The highest BCUT2D eigenvalue weighted by atomic mass is 19.4. The second-order valence-electron chi connectivity index (χ2n) is 7.32. The number of ether oxygens (including phenoxy) is 2. The number of aromatic nitrogens is 2. The molecule has 0 bridgehead atoms. The van der Waals surface area contributed by atoms with Crippen molar-refractivity contribution in [1.82, 2.24) is 10.2 Å². The molecule has 0 saturated carbocycles. The summed E-state index contributed by atoms with van der Waals surface area (Å²) in [4.78, 5) is 12.1. The number of rotatable bonds is 7. The molecule has 4 aromatic rings. The minimum atomic E-state index is -4.55. The van der Waals surface area contributed by atoms with Gasteiger partial charge in [0.1, 0.15) is 5.75 Å². The van der Waals surface area contributed by atoms with Crippen LogP contribution in [-0.2, 0) is 12.8 Å². The van der Waals surface area contributed by atoms with Crippen LogP contribution in [0, 0.1) is 5.82 Å². The number of methoxy groups -OCH3 is 1. The summed E-state index contributed by atoms with van der Waals surface area (Å²) >= 11 is 0. The SMILES string of the molecule is COc1ccc(-c2nnc(COc3ccc(NC(=O)Nc4cccc(C(F)(F)F)c4)cc3F)o2)cc1. The molecular weight excluding hydrogens is 484 g/mol. The second kappa shape index (κ2) is 10.3. The van der Waals surface area contributed by atoms with Gasteiger partial charge in [0, 0.05) is 23.0 Å². The van der Waals surface area contributed by atoms with E-state index in [-0.39, 0.29) is 35.5 Å². The molecule has 8 nitrogen and oxygen atoms in total. The van der Waals surface area contributed by atoms with Crippen molar-refractivity contribution < 1.29 is 36.2 Å². The van der Waals surface area contributed by atoms with Crippen molar-refractivity contribution in [2.45, 2.75) is 12.8 Å². The molecule has 0 aliphatic heterocycles. The van der Waals surface area contributed by atoms with Crippen molar-refractivity contribution in [2.75, 3.05) is 17.7 Å². The Kier molecular flexibility index (Phi) is 7.04. The van der Waals surface area contributed by atoms with Crippen LogP contribution in [0.3, 0.4) is 0 Å². The fourth-order valence-electron chi connectivity index (χ4n) is 3.06. The maximum atomic E-state index is 14.5. The van der Waals surface area contributed by atoms with E-state index >= 15 is 0 Å². The van der Waals surface area contributed by atoms with Gasteiger partial charge in [0.05, 0.1) is 12.7 Å². The van der Waals surface area contributed by atoms with Crippen molar-refractivity contribution in [2.24, 2.45) is 0 Å². The van der Waals surface area contributed by atoms with Crippen LogP contribution in [0.2, 0.25) is 0 Å². The van der Waals surface area contributed by atoms with Crippen molar-refractivity contribution >= 4 is 17.4 Å². The fourth-order valence-corrected chi connectivity index (χ4v) is 3.06. The normalized spacial score (nSPS) is 11.1. The van der Waals surface area contributed by atoms with Crippen molar-refractivity contribution in [3.05, 3.63) is 84.0 Å². The third-order valence-electron chi connectivity index (χ3n) is 4.79. The van der Waals surface area contributed by atoms with Gasteiger partial charge in [0.25, 0.3) is 5.89 Å². The largest absolute Gasteiger partial charge is 0.497 e. The van der Waals surface area contributed by atoms with E-state index in [1.54, 1.807) is 31.4 Å². The minimum absolute atomic E-state index is 0.0592. The third-order valence-corrected chi connectivity index (χ3v) is 4.79. The summed E-state index contributed by atoms with van der Waals surface area (Å²) in [6.45, 7) is -0.205. The minimum Gasteiger partial charge on any atom is -0.497 e. The summed E-state index contributed by atoms with van der Waals surface area (Å²) in [5, 5.41) is 12.4. The number of halogens is 4. The number of anilines is 2. The predicted octanol–water partition coefficient (Wildman–Crippen LogP) is 6.13. The number of carbonyl (C=O) groups excluding carboxylic acids is 1. The topological polar surface area (TPSA) is 98.5 Å². The molecule has 3 aromatic carbocycles. The number of nitrogens with zero attached hydrogens (tertiary/aromatic N) is 2. The van der Waals surface area contributed by atoms with Crippen molar-refractivity contribution in [3.63, 3.8) is 0 Å². The lowest BCUT2D eigenvalue weighted by atomic mass is 10.2. The molecular formula is C24H18F4N4O4. The first-order valence-electron chi connectivity index (χ1n) is 10.4. The number of hydrogen-bond acceptors (Lipinski definition) is 6. The standard InChI is InChI=1S/C24H18F4N4O4/c1-34-18-8-5-14(6-9-18)22-32-31-21(36-22)13-35-20-10-7-17(12-19(20)25)30-23(33)29-16-4-2-3-15(11-16)24(26,27)28/h2-12H,13H2,1H3,(H2,29,30,33). The van der Waals surface area contributed by atoms with E-state index < -0.39 is 23.6 Å². The highest BCUT2D eigenvalue weighted by molar-refractivity contribution is 5.99. The van der Waals surface area contributed by atoms with Gasteiger partial charge in [0.2, 0.25) is 5.89 Å². The van der Waals surface area contributed by atoms with Crippen LogP contribution in [0.1, 0.15) is 11.5 Å². The zero-order chi connectivity index (χ0) is 25.7. The van der Waals surface area contributed by atoms with E-state index in [1.165, 1.54) is 18.2 Å². The monoisotopic (exact) mass is 502 g/mol. The molecule has 2 N–H and O–H groups in total. The van der Waals surface area contributed by atoms with E-state index in [0.717, 1.165) is 24.3 Å². The van der Waals surface area contributed by atoms with E-state index in [1.807, 2.05) is 0 Å². The Hall–Kier alpha value is -4.61. The molecule has 2 amide bonds. The second-order valence-corrected chi connectivity index (χ2v) is 7.32. The predicted molar refractivity (Wildman–Crippen MR) is 121 cm³/mol. The van der Waals surface area contributed by atoms with Crippen molar-refractivity contribution in [3.8, 4) is 23.0 Å². The Labute approximate surface area is 201 Å². The number of carbonyl (C=O) groups is 1. The molecule has 0 saturated heterocycles. The van der Waals surface area contributed by atoms with Gasteiger partial charge in [-0.05, 0) is 54.6 Å². The molecule has 36 heavy (non-hydrogen) atoms. The maximum absolute atomic E-state index is 14.5. The van der Waals surface area contributed by atoms with Gasteiger partial charge in [-0.25, -0.2) is 9.18 Å². The van der Waals surface area contributed by atoms with Gasteiger partial charge < -0.3 is 24.5 Å². The number of alkyl halides is 3. The zero-order valence-electron chi connectivity index (χ0n) is 18.6. The lowest BCUT2D eigenvalue weighted by molar-refractivity contribution is -0.137. The number of benzene rings is 3. The van der Waals surface area contributed by atoms with E-state index in [0.29, 0.717) is 11.3 Å².